The number of nitrogen functional groups attached to an aromatic ring is 1. The molecule has 0 aromatic carbocycles. The first-order chi connectivity index (χ1) is 6.76. The van der Waals surface area contributed by atoms with E-state index < -0.39 is 0 Å². The molecule has 3 nitrogen and oxygen atoms in total. The highest BCUT2D eigenvalue weighted by molar-refractivity contribution is 7.13. The van der Waals surface area contributed by atoms with Gasteiger partial charge in [-0.15, -0.1) is 17.9 Å². The number of hydrogen-bond donors (Lipinski definition) is 1. The second-order valence-corrected chi connectivity index (χ2v) is 4.00. The van der Waals surface area contributed by atoms with E-state index in [4.69, 9.17) is 5.73 Å². The predicted molar refractivity (Wildman–Crippen MR) is 62.5 cm³/mol. The summed E-state index contributed by atoms with van der Waals surface area (Å²) in [6.07, 6.45) is 2.90. The molecule has 0 radical (unpaired) electrons. The SMILES string of the molecule is C=CCN(CC)CCc1csc(N)n1. The molecule has 0 atom stereocenters. The third-order valence-corrected chi connectivity index (χ3v) is 2.81. The number of nitrogens with two attached hydrogens (primary N) is 1. The lowest BCUT2D eigenvalue weighted by Gasteiger charge is -2.17. The van der Waals surface area contributed by atoms with Crippen molar-refractivity contribution in [1.29, 1.82) is 0 Å². The molecule has 1 aromatic rings. The minimum absolute atomic E-state index is 0.659. The molecule has 0 spiro atoms. The summed E-state index contributed by atoms with van der Waals surface area (Å²) in [7, 11) is 0. The molecule has 0 unspecified atom stereocenters. The second-order valence-electron chi connectivity index (χ2n) is 3.11. The first kappa shape index (κ1) is 11.2. The summed E-state index contributed by atoms with van der Waals surface area (Å²) >= 11 is 1.51. The standard InChI is InChI=1S/C10H17N3S/c1-3-6-13(4-2)7-5-9-8-14-10(11)12-9/h3,8H,1,4-7H2,2H3,(H2,11,12). The van der Waals surface area contributed by atoms with Crippen LogP contribution in [0.3, 0.4) is 0 Å². The van der Waals surface area contributed by atoms with Gasteiger partial charge in [-0.1, -0.05) is 13.0 Å². The van der Waals surface area contributed by atoms with Crippen molar-refractivity contribution in [3.8, 4) is 0 Å². The van der Waals surface area contributed by atoms with Crippen molar-refractivity contribution in [2.24, 2.45) is 0 Å². The molecule has 0 aliphatic rings. The van der Waals surface area contributed by atoms with Crippen LogP contribution in [0.2, 0.25) is 0 Å². The van der Waals surface area contributed by atoms with E-state index in [2.05, 4.69) is 23.4 Å². The van der Waals surface area contributed by atoms with Gasteiger partial charge in [0.25, 0.3) is 0 Å². The minimum Gasteiger partial charge on any atom is -0.375 e. The molecule has 1 aromatic heterocycles. The van der Waals surface area contributed by atoms with Gasteiger partial charge in [0.05, 0.1) is 5.69 Å². The zero-order valence-corrected chi connectivity index (χ0v) is 9.39. The number of thiazole rings is 1. The Kier molecular flexibility index (Phi) is 4.62. The van der Waals surface area contributed by atoms with E-state index >= 15 is 0 Å². The monoisotopic (exact) mass is 211 g/mol. The van der Waals surface area contributed by atoms with Gasteiger partial charge in [-0.05, 0) is 6.54 Å². The van der Waals surface area contributed by atoms with Gasteiger partial charge in [0.15, 0.2) is 5.13 Å². The number of nitrogens with zero attached hydrogens (tertiary/aromatic N) is 2. The summed E-state index contributed by atoms with van der Waals surface area (Å²) < 4.78 is 0. The van der Waals surface area contributed by atoms with Crippen LogP contribution in [0.15, 0.2) is 18.0 Å². The molecule has 0 amide bonds. The zero-order valence-electron chi connectivity index (χ0n) is 8.57. The first-order valence-corrected chi connectivity index (χ1v) is 5.67. The molecule has 78 valence electrons. The van der Waals surface area contributed by atoms with Crippen molar-refractivity contribution in [3.05, 3.63) is 23.7 Å². The van der Waals surface area contributed by atoms with Gasteiger partial charge in [-0.25, -0.2) is 4.98 Å². The molecule has 4 heteroatoms. The van der Waals surface area contributed by atoms with Gasteiger partial charge < -0.3 is 5.73 Å². The van der Waals surface area contributed by atoms with Crippen LogP contribution in [-0.2, 0) is 6.42 Å². The van der Waals surface area contributed by atoms with Gasteiger partial charge in [-0.2, -0.15) is 0 Å². The maximum atomic E-state index is 5.55. The average Bonchev–Trinajstić information content (AvgIpc) is 2.59. The number of hydrogen-bond acceptors (Lipinski definition) is 4. The Hall–Kier alpha value is -0.870. The Morgan fingerprint density at radius 3 is 3.00 bits per heavy atom. The largest absolute Gasteiger partial charge is 0.375 e. The molecule has 14 heavy (non-hydrogen) atoms. The highest BCUT2D eigenvalue weighted by Gasteiger charge is 2.02. The molecule has 0 fully saturated rings. The van der Waals surface area contributed by atoms with Gasteiger partial charge >= 0.3 is 0 Å². The van der Waals surface area contributed by atoms with Crippen LogP contribution in [-0.4, -0.2) is 29.5 Å². The van der Waals surface area contributed by atoms with Gasteiger partial charge in [-0.3, -0.25) is 4.90 Å². The lowest BCUT2D eigenvalue weighted by molar-refractivity contribution is 0.322. The Bertz CT molecular complexity index is 283. The van der Waals surface area contributed by atoms with Crippen molar-refractivity contribution in [3.63, 3.8) is 0 Å². The van der Waals surface area contributed by atoms with E-state index in [9.17, 15) is 0 Å². The van der Waals surface area contributed by atoms with E-state index in [0.29, 0.717) is 5.13 Å². The summed E-state index contributed by atoms with van der Waals surface area (Å²) in [5, 5.41) is 2.68. The lowest BCUT2D eigenvalue weighted by atomic mass is 10.3. The Morgan fingerprint density at radius 2 is 2.50 bits per heavy atom. The first-order valence-electron chi connectivity index (χ1n) is 4.79. The summed E-state index contributed by atoms with van der Waals surface area (Å²) in [4.78, 5) is 6.54. The van der Waals surface area contributed by atoms with Crippen molar-refractivity contribution in [2.45, 2.75) is 13.3 Å². The molecule has 1 heterocycles. The van der Waals surface area contributed by atoms with Crippen LogP contribution in [0.25, 0.3) is 0 Å². The molecule has 0 bridgehead atoms. The Balaban J connectivity index is 2.34. The van der Waals surface area contributed by atoms with Crippen molar-refractivity contribution in [1.82, 2.24) is 9.88 Å². The van der Waals surface area contributed by atoms with Crippen LogP contribution in [0.4, 0.5) is 5.13 Å². The fraction of sp³-hybridized carbons (Fsp3) is 0.500. The second kappa shape index (κ2) is 5.78. The summed E-state index contributed by atoms with van der Waals surface area (Å²) in [5.74, 6) is 0. The van der Waals surface area contributed by atoms with Gasteiger partial charge in [0.1, 0.15) is 0 Å². The third kappa shape index (κ3) is 3.47. The number of likely N-dealkylation sites (N-methyl/N-ethyl adjacent to an activating group) is 1. The predicted octanol–water partition coefficient (Wildman–Crippen LogP) is 1.78. The highest BCUT2D eigenvalue weighted by Crippen LogP contribution is 2.11. The highest BCUT2D eigenvalue weighted by atomic mass is 32.1. The van der Waals surface area contributed by atoms with E-state index in [1.165, 1.54) is 11.3 Å². The van der Waals surface area contributed by atoms with E-state index in [-0.39, 0.29) is 0 Å². The van der Waals surface area contributed by atoms with Crippen LogP contribution in [0, 0.1) is 0 Å². The zero-order chi connectivity index (χ0) is 10.4. The molecular formula is C10H17N3S. The van der Waals surface area contributed by atoms with E-state index in [1.54, 1.807) is 0 Å². The third-order valence-electron chi connectivity index (χ3n) is 2.09. The molecular weight excluding hydrogens is 194 g/mol. The van der Waals surface area contributed by atoms with Crippen molar-refractivity contribution < 1.29 is 0 Å². The minimum atomic E-state index is 0.659. The number of rotatable bonds is 6. The topological polar surface area (TPSA) is 42.1 Å². The van der Waals surface area contributed by atoms with E-state index in [0.717, 1.165) is 31.7 Å². The van der Waals surface area contributed by atoms with Crippen molar-refractivity contribution in [2.75, 3.05) is 25.4 Å². The number of anilines is 1. The van der Waals surface area contributed by atoms with Gasteiger partial charge in [0, 0.05) is 24.9 Å². The molecule has 0 saturated heterocycles. The summed E-state index contributed by atoms with van der Waals surface area (Å²) in [6, 6.07) is 0. The van der Waals surface area contributed by atoms with Crippen LogP contribution < -0.4 is 5.73 Å². The van der Waals surface area contributed by atoms with Crippen LogP contribution in [0.5, 0.6) is 0 Å². The normalized spacial score (nSPS) is 10.7. The molecule has 2 N–H and O–H groups in total. The fourth-order valence-corrected chi connectivity index (χ4v) is 1.87. The lowest BCUT2D eigenvalue weighted by Crippen LogP contribution is -2.25. The molecule has 0 saturated carbocycles. The smallest absolute Gasteiger partial charge is 0.180 e. The summed E-state index contributed by atoms with van der Waals surface area (Å²) in [5.41, 5.74) is 6.65. The molecule has 1 rings (SSSR count). The maximum Gasteiger partial charge on any atom is 0.180 e. The fourth-order valence-electron chi connectivity index (χ4n) is 1.27. The molecule has 0 aliphatic heterocycles. The quantitative estimate of drug-likeness (QED) is 0.729. The Labute approximate surface area is 89.3 Å². The number of aromatic nitrogens is 1. The van der Waals surface area contributed by atoms with E-state index in [1.807, 2.05) is 11.5 Å². The maximum absolute atomic E-state index is 5.55. The van der Waals surface area contributed by atoms with Crippen LogP contribution >= 0.6 is 11.3 Å². The van der Waals surface area contributed by atoms with Crippen molar-refractivity contribution >= 4 is 16.5 Å². The molecule has 0 aliphatic carbocycles. The average molecular weight is 211 g/mol. The van der Waals surface area contributed by atoms with Gasteiger partial charge in [0.2, 0.25) is 0 Å². The summed E-state index contributed by atoms with van der Waals surface area (Å²) in [6.45, 7) is 8.89. The Morgan fingerprint density at radius 1 is 1.71 bits per heavy atom. The van der Waals surface area contributed by atoms with Crippen LogP contribution in [0.1, 0.15) is 12.6 Å².